The Hall–Kier alpha value is -1.53. The molecule has 0 aromatic heterocycles. The van der Waals surface area contributed by atoms with E-state index in [1.165, 1.54) is 12.1 Å². The number of amides is 1. The topological polar surface area (TPSA) is 29.1 Å². The molecule has 0 saturated carbocycles. The summed E-state index contributed by atoms with van der Waals surface area (Å²) in [6.45, 7) is 0. The second kappa shape index (κ2) is 5.85. The molecule has 0 fully saturated rings. The molecule has 0 saturated heterocycles. The van der Waals surface area contributed by atoms with Gasteiger partial charge in [-0.2, -0.15) is 0 Å². The third kappa shape index (κ3) is 3.32. The molecule has 2 aromatic rings. The summed E-state index contributed by atoms with van der Waals surface area (Å²) in [6.07, 6.45) is 0. The van der Waals surface area contributed by atoms with Gasteiger partial charge in [-0.1, -0.05) is 27.5 Å². The van der Waals surface area contributed by atoms with Gasteiger partial charge in [0.1, 0.15) is 0 Å². The molecule has 0 atom stereocenters. The van der Waals surface area contributed by atoms with E-state index in [2.05, 4.69) is 21.2 Å². The SMILES string of the molecule is O=C(Nc1cc(F)c(F)c(F)c1)c1cc(Cl)cc(Br)c1. The van der Waals surface area contributed by atoms with Crippen molar-refractivity contribution in [3.63, 3.8) is 0 Å². The highest BCUT2D eigenvalue weighted by Gasteiger charge is 2.13. The van der Waals surface area contributed by atoms with Crippen LogP contribution in [-0.2, 0) is 0 Å². The normalized spacial score (nSPS) is 10.4. The summed E-state index contributed by atoms with van der Waals surface area (Å²) in [4.78, 5) is 11.9. The molecule has 2 rings (SSSR count). The highest BCUT2D eigenvalue weighted by atomic mass is 79.9. The van der Waals surface area contributed by atoms with E-state index in [9.17, 15) is 18.0 Å². The second-order valence-corrected chi connectivity index (χ2v) is 5.22. The minimum absolute atomic E-state index is 0.189. The molecule has 0 aliphatic rings. The van der Waals surface area contributed by atoms with E-state index in [4.69, 9.17) is 11.6 Å². The monoisotopic (exact) mass is 363 g/mol. The first-order valence-corrected chi connectivity index (χ1v) is 6.46. The van der Waals surface area contributed by atoms with Crippen molar-refractivity contribution in [1.82, 2.24) is 0 Å². The molecule has 0 unspecified atom stereocenters. The van der Waals surface area contributed by atoms with Crippen LogP contribution in [0.1, 0.15) is 10.4 Å². The van der Waals surface area contributed by atoms with Crippen molar-refractivity contribution in [1.29, 1.82) is 0 Å². The molecule has 0 aliphatic carbocycles. The fourth-order valence-electron chi connectivity index (χ4n) is 1.52. The van der Waals surface area contributed by atoms with Gasteiger partial charge in [-0.3, -0.25) is 4.79 Å². The van der Waals surface area contributed by atoms with Crippen molar-refractivity contribution in [2.24, 2.45) is 0 Å². The summed E-state index contributed by atoms with van der Waals surface area (Å²) >= 11 is 8.95. The fraction of sp³-hybridized carbons (Fsp3) is 0. The van der Waals surface area contributed by atoms with Crippen LogP contribution < -0.4 is 5.32 Å². The summed E-state index contributed by atoms with van der Waals surface area (Å²) in [5.41, 5.74) is -0.00276. The van der Waals surface area contributed by atoms with Crippen LogP contribution in [0.2, 0.25) is 5.02 Å². The van der Waals surface area contributed by atoms with Crippen molar-refractivity contribution in [3.05, 3.63) is 62.8 Å². The van der Waals surface area contributed by atoms with Gasteiger partial charge >= 0.3 is 0 Å². The number of carbonyl (C=O) groups excluding carboxylic acids is 1. The molecule has 2 aromatic carbocycles. The highest BCUT2D eigenvalue weighted by Crippen LogP contribution is 2.22. The van der Waals surface area contributed by atoms with Crippen molar-refractivity contribution in [2.45, 2.75) is 0 Å². The Morgan fingerprint density at radius 3 is 2.20 bits per heavy atom. The standard InChI is InChI=1S/C13H6BrClF3NO/c14-7-1-6(2-8(15)3-7)13(20)19-9-4-10(16)12(18)11(17)5-9/h1-5H,(H,19,20). The van der Waals surface area contributed by atoms with Gasteiger partial charge in [0.05, 0.1) is 0 Å². The number of halogens is 5. The van der Waals surface area contributed by atoms with E-state index >= 15 is 0 Å². The predicted molar refractivity (Wildman–Crippen MR) is 73.4 cm³/mol. The molecule has 0 heterocycles. The minimum Gasteiger partial charge on any atom is -0.322 e. The van der Waals surface area contributed by atoms with Crippen molar-refractivity contribution >= 4 is 39.1 Å². The van der Waals surface area contributed by atoms with Crippen molar-refractivity contribution in [2.75, 3.05) is 5.32 Å². The lowest BCUT2D eigenvalue weighted by atomic mass is 10.2. The molecule has 2 nitrogen and oxygen atoms in total. The fourth-order valence-corrected chi connectivity index (χ4v) is 2.38. The van der Waals surface area contributed by atoms with Gasteiger partial charge in [0.15, 0.2) is 17.5 Å². The van der Waals surface area contributed by atoms with Crippen molar-refractivity contribution < 1.29 is 18.0 Å². The molecule has 0 radical (unpaired) electrons. The van der Waals surface area contributed by atoms with E-state index in [1.54, 1.807) is 6.07 Å². The van der Waals surface area contributed by atoms with Gasteiger partial charge in [0.2, 0.25) is 0 Å². The zero-order valence-electron chi connectivity index (χ0n) is 9.68. The molecule has 20 heavy (non-hydrogen) atoms. The Balaban J connectivity index is 2.28. The molecular weight excluding hydrogens is 358 g/mol. The van der Waals surface area contributed by atoms with Crippen LogP contribution in [0.5, 0.6) is 0 Å². The predicted octanol–water partition coefficient (Wildman–Crippen LogP) is 4.77. The minimum atomic E-state index is -1.59. The van der Waals surface area contributed by atoms with E-state index in [0.717, 1.165) is 0 Å². The highest BCUT2D eigenvalue weighted by molar-refractivity contribution is 9.10. The molecule has 7 heteroatoms. The Bertz CT molecular complexity index is 650. The lowest BCUT2D eigenvalue weighted by molar-refractivity contribution is 0.102. The molecular formula is C13H6BrClF3NO. The van der Waals surface area contributed by atoms with E-state index in [-0.39, 0.29) is 11.3 Å². The number of benzene rings is 2. The summed E-state index contributed by atoms with van der Waals surface area (Å²) in [7, 11) is 0. The molecule has 1 amide bonds. The number of nitrogens with one attached hydrogen (secondary N) is 1. The van der Waals surface area contributed by atoms with Gasteiger partial charge < -0.3 is 5.32 Å². The van der Waals surface area contributed by atoms with Crippen LogP contribution in [0.25, 0.3) is 0 Å². The van der Waals surface area contributed by atoms with Gasteiger partial charge in [-0.05, 0) is 18.2 Å². The molecule has 0 aliphatic heterocycles. The zero-order chi connectivity index (χ0) is 14.9. The maximum Gasteiger partial charge on any atom is 0.255 e. The van der Waals surface area contributed by atoms with Crippen molar-refractivity contribution in [3.8, 4) is 0 Å². The molecule has 1 N–H and O–H groups in total. The summed E-state index contributed by atoms with van der Waals surface area (Å²) in [6, 6.07) is 5.83. The molecule has 0 spiro atoms. The maximum atomic E-state index is 13.0. The first-order chi connectivity index (χ1) is 9.36. The van der Waals surface area contributed by atoms with Gasteiger partial charge in [0, 0.05) is 32.9 Å². The number of hydrogen-bond donors (Lipinski definition) is 1. The molecule has 0 bridgehead atoms. The first kappa shape index (κ1) is 14.9. The van der Waals surface area contributed by atoms with Gasteiger partial charge in [-0.25, -0.2) is 13.2 Å². The number of anilines is 1. The first-order valence-electron chi connectivity index (χ1n) is 5.29. The largest absolute Gasteiger partial charge is 0.322 e. The average Bonchev–Trinajstić information content (AvgIpc) is 2.34. The summed E-state index contributed by atoms with van der Waals surface area (Å²) < 4.78 is 39.4. The van der Waals surface area contributed by atoms with Crippen LogP contribution in [0.4, 0.5) is 18.9 Å². The quantitative estimate of drug-likeness (QED) is 0.764. The lowest BCUT2D eigenvalue weighted by Gasteiger charge is -2.07. The Kier molecular flexibility index (Phi) is 4.35. The average molecular weight is 365 g/mol. The van der Waals surface area contributed by atoms with E-state index < -0.39 is 23.4 Å². The number of carbonyl (C=O) groups is 1. The zero-order valence-corrected chi connectivity index (χ0v) is 12.0. The van der Waals surface area contributed by atoms with Crippen LogP contribution >= 0.6 is 27.5 Å². The number of rotatable bonds is 2. The van der Waals surface area contributed by atoms with Crippen LogP contribution in [0.15, 0.2) is 34.8 Å². The lowest BCUT2D eigenvalue weighted by Crippen LogP contribution is -2.12. The Morgan fingerprint density at radius 2 is 1.65 bits per heavy atom. The van der Waals surface area contributed by atoms with Gasteiger partial charge in [-0.15, -0.1) is 0 Å². The number of hydrogen-bond acceptors (Lipinski definition) is 1. The van der Waals surface area contributed by atoms with E-state index in [0.29, 0.717) is 21.6 Å². The third-order valence-corrected chi connectivity index (χ3v) is 3.04. The van der Waals surface area contributed by atoms with Gasteiger partial charge in [0.25, 0.3) is 5.91 Å². The Labute approximate surface area is 125 Å². The van der Waals surface area contributed by atoms with Crippen LogP contribution in [0, 0.1) is 17.5 Å². The summed E-state index contributed by atoms with van der Waals surface area (Å²) in [5.74, 6) is -4.98. The summed E-state index contributed by atoms with van der Waals surface area (Å²) in [5, 5.41) is 2.58. The third-order valence-electron chi connectivity index (χ3n) is 2.37. The Morgan fingerprint density at radius 1 is 1.05 bits per heavy atom. The smallest absolute Gasteiger partial charge is 0.255 e. The van der Waals surface area contributed by atoms with E-state index in [1.807, 2.05) is 0 Å². The maximum absolute atomic E-state index is 13.0. The van der Waals surface area contributed by atoms with Crippen LogP contribution in [-0.4, -0.2) is 5.91 Å². The molecule has 104 valence electrons. The van der Waals surface area contributed by atoms with Crippen LogP contribution in [0.3, 0.4) is 0 Å². The second-order valence-electron chi connectivity index (χ2n) is 3.87.